The number of hydrogen-bond acceptors (Lipinski definition) is 12. The van der Waals surface area contributed by atoms with Gasteiger partial charge in [-0.1, -0.05) is 0 Å². The topological polar surface area (TPSA) is 242 Å². The van der Waals surface area contributed by atoms with E-state index in [1.807, 2.05) is 0 Å². The molecule has 0 spiro atoms. The second-order valence-corrected chi connectivity index (χ2v) is 10.9. The van der Waals surface area contributed by atoms with E-state index in [0.29, 0.717) is 17.2 Å². The number of pyridine rings is 1. The van der Waals surface area contributed by atoms with Crippen molar-refractivity contribution in [3.05, 3.63) is 119 Å². The number of halogens is 1. The fraction of sp³-hybridized carbons (Fsp3) is 0.121. The highest BCUT2D eigenvalue weighted by Gasteiger charge is 2.22. The lowest BCUT2D eigenvalue weighted by molar-refractivity contribution is 0.0682. The molecule has 0 aliphatic rings. The number of aromatic nitrogens is 9. The Hall–Kier alpha value is -7.44. The summed E-state index contributed by atoms with van der Waals surface area (Å²) in [6.45, 7) is 0. The van der Waals surface area contributed by atoms with Gasteiger partial charge in [-0.25, -0.2) is 28.9 Å². The summed E-state index contributed by atoms with van der Waals surface area (Å²) in [4.78, 5) is 61.9. The van der Waals surface area contributed by atoms with Crippen molar-refractivity contribution in [2.75, 3.05) is 17.7 Å². The zero-order valence-corrected chi connectivity index (χ0v) is 27.0. The lowest BCUT2D eigenvalue weighted by atomic mass is 10.0. The van der Waals surface area contributed by atoms with E-state index in [0.717, 1.165) is 6.07 Å². The van der Waals surface area contributed by atoms with Crippen molar-refractivity contribution in [2.45, 2.75) is 19.3 Å². The summed E-state index contributed by atoms with van der Waals surface area (Å²) >= 11 is 0. The lowest BCUT2D eigenvalue weighted by Crippen LogP contribution is -2.18. The Labute approximate surface area is 292 Å². The normalized spacial score (nSPS) is 10.8. The van der Waals surface area contributed by atoms with Crippen LogP contribution in [0.15, 0.2) is 79.9 Å². The predicted molar refractivity (Wildman–Crippen MR) is 177 cm³/mol. The Balaban J connectivity index is 1.18. The molecular formula is C33H26FN11O7. The minimum absolute atomic E-state index is 0.0327. The smallest absolute Gasteiger partial charge is 0.356 e. The third-order valence-electron chi connectivity index (χ3n) is 7.57. The number of carbonyl (C=O) groups excluding carboxylic acids is 2. The van der Waals surface area contributed by atoms with Crippen LogP contribution in [0.2, 0.25) is 0 Å². The van der Waals surface area contributed by atoms with Crippen LogP contribution in [0, 0.1) is 5.82 Å². The number of ether oxygens (including phenoxy) is 1. The van der Waals surface area contributed by atoms with Crippen LogP contribution < -0.4 is 15.4 Å². The molecule has 5 heterocycles. The minimum Gasteiger partial charge on any atom is -0.481 e. The van der Waals surface area contributed by atoms with E-state index < -0.39 is 40.8 Å². The van der Waals surface area contributed by atoms with Gasteiger partial charge < -0.3 is 25.6 Å². The fourth-order valence-corrected chi connectivity index (χ4v) is 5.04. The number of imidazole rings is 2. The predicted octanol–water partition coefficient (Wildman–Crippen LogP) is 3.26. The number of nitrogens with zero attached hydrogens (tertiary/aromatic N) is 9. The van der Waals surface area contributed by atoms with Gasteiger partial charge in [-0.05, 0) is 67.3 Å². The first-order valence-corrected chi connectivity index (χ1v) is 15.2. The first-order chi connectivity index (χ1) is 25.1. The summed E-state index contributed by atoms with van der Waals surface area (Å²) < 4.78 is 23.6. The Bertz CT molecular complexity index is 2260. The number of carboxylic acid groups (broad SMARTS) is 2. The molecule has 0 atom stereocenters. The van der Waals surface area contributed by atoms with Crippen molar-refractivity contribution in [3.63, 3.8) is 0 Å². The highest BCUT2D eigenvalue weighted by molar-refractivity contribution is 6.07. The molecule has 0 unspecified atom stereocenters. The van der Waals surface area contributed by atoms with Crippen molar-refractivity contribution < 1.29 is 38.5 Å². The molecule has 0 aliphatic heterocycles. The van der Waals surface area contributed by atoms with Crippen LogP contribution in [-0.2, 0) is 12.8 Å². The molecule has 1 aromatic carbocycles. The van der Waals surface area contributed by atoms with E-state index >= 15 is 4.39 Å². The second-order valence-electron chi connectivity index (χ2n) is 10.9. The van der Waals surface area contributed by atoms with Crippen molar-refractivity contribution in [1.82, 2.24) is 44.5 Å². The number of carbonyl (C=O) groups is 4. The Morgan fingerprint density at radius 2 is 1.31 bits per heavy atom. The van der Waals surface area contributed by atoms with Crippen molar-refractivity contribution >= 4 is 35.1 Å². The van der Waals surface area contributed by atoms with E-state index in [1.54, 1.807) is 33.9 Å². The van der Waals surface area contributed by atoms with Crippen LogP contribution in [0.5, 0.6) is 5.88 Å². The summed E-state index contributed by atoms with van der Waals surface area (Å²) in [6.07, 6.45) is 9.83. The molecule has 262 valence electrons. The number of methoxy groups -OCH3 is 1. The number of aryl methyl sites for hydroxylation is 2. The average molecular weight is 708 g/mol. The van der Waals surface area contributed by atoms with Crippen LogP contribution in [0.1, 0.15) is 59.4 Å². The molecule has 0 bridgehead atoms. The van der Waals surface area contributed by atoms with Gasteiger partial charge in [0.1, 0.15) is 18.5 Å². The molecule has 19 heteroatoms. The standard InChI is InChI=1S/C33H26FN11O7/c1-52-31-19(14-25(28(39-31)33(50)51)38-30(47)23-6-8-27(43-41-23)45-12-10-36-17-45)4-2-3-18-13-24(20(32(48)49)15-21(18)34)37-29(46)22-5-7-26(42-40-22)44-11-9-35-16-44/h5-17H,2-4H2,1H3,(H,37,46)(H,38,47)(H,48,49)(H,50,51). The molecule has 6 aromatic rings. The van der Waals surface area contributed by atoms with Gasteiger partial charge in [-0.15, -0.1) is 20.4 Å². The molecule has 18 nitrogen and oxygen atoms in total. The number of carboxylic acids is 2. The largest absolute Gasteiger partial charge is 0.481 e. The SMILES string of the molecule is COc1nc(C(=O)O)c(NC(=O)c2ccc(-n3ccnc3)nn2)cc1CCCc1cc(NC(=O)c2ccc(-n3ccnc3)nn2)c(C(=O)O)cc1F. The summed E-state index contributed by atoms with van der Waals surface area (Å²) in [5, 5.41) is 40.3. The number of benzene rings is 1. The van der Waals surface area contributed by atoms with Crippen molar-refractivity contribution in [1.29, 1.82) is 0 Å². The van der Waals surface area contributed by atoms with Crippen LogP contribution in [-0.4, -0.2) is 85.6 Å². The highest BCUT2D eigenvalue weighted by Crippen LogP contribution is 2.28. The maximum atomic E-state index is 15.1. The van der Waals surface area contributed by atoms with Gasteiger partial charge in [0.2, 0.25) is 5.88 Å². The molecule has 4 N–H and O–H groups in total. The van der Waals surface area contributed by atoms with Crippen molar-refractivity contribution in [3.8, 4) is 17.5 Å². The van der Waals surface area contributed by atoms with Gasteiger partial charge in [0.15, 0.2) is 28.7 Å². The van der Waals surface area contributed by atoms with E-state index in [4.69, 9.17) is 4.74 Å². The second kappa shape index (κ2) is 15.0. The Kier molecular flexibility index (Phi) is 9.92. The monoisotopic (exact) mass is 707 g/mol. The molecule has 0 fully saturated rings. The number of amides is 2. The van der Waals surface area contributed by atoms with E-state index in [9.17, 15) is 29.4 Å². The maximum Gasteiger partial charge on any atom is 0.356 e. The highest BCUT2D eigenvalue weighted by atomic mass is 19.1. The molecule has 5 aromatic heterocycles. The molecule has 0 saturated carbocycles. The number of rotatable bonds is 13. The fourth-order valence-electron chi connectivity index (χ4n) is 5.04. The van der Waals surface area contributed by atoms with E-state index in [-0.39, 0.29) is 53.5 Å². The third-order valence-corrected chi connectivity index (χ3v) is 7.57. The average Bonchev–Trinajstić information content (AvgIpc) is 3.89. The van der Waals surface area contributed by atoms with Gasteiger partial charge in [0.05, 0.1) is 24.0 Å². The molecule has 0 saturated heterocycles. The third kappa shape index (κ3) is 7.57. The Morgan fingerprint density at radius 1 is 0.750 bits per heavy atom. The molecule has 0 aliphatic carbocycles. The summed E-state index contributed by atoms with van der Waals surface area (Å²) in [6, 6.07) is 9.27. The molecule has 2 amide bonds. The van der Waals surface area contributed by atoms with E-state index in [2.05, 4.69) is 46.0 Å². The number of anilines is 2. The summed E-state index contributed by atoms with van der Waals surface area (Å²) in [7, 11) is 1.29. The van der Waals surface area contributed by atoms with Crippen molar-refractivity contribution in [2.24, 2.45) is 0 Å². The van der Waals surface area contributed by atoms with Crippen LogP contribution in [0.4, 0.5) is 15.8 Å². The molecule has 6 rings (SSSR count). The molecule has 52 heavy (non-hydrogen) atoms. The maximum absolute atomic E-state index is 15.1. The summed E-state index contributed by atoms with van der Waals surface area (Å²) in [5.41, 5.74) is -1.01. The van der Waals surface area contributed by atoms with Gasteiger partial charge >= 0.3 is 11.9 Å². The van der Waals surface area contributed by atoms with Crippen LogP contribution in [0.25, 0.3) is 11.6 Å². The first-order valence-electron chi connectivity index (χ1n) is 15.2. The first kappa shape index (κ1) is 34.4. The minimum atomic E-state index is -1.47. The van der Waals surface area contributed by atoms with Crippen LogP contribution >= 0.6 is 0 Å². The van der Waals surface area contributed by atoms with Gasteiger partial charge in [0, 0.05) is 30.4 Å². The summed E-state index contributed by atoms with van der Waals surface area (Å²) in [5.74, 6) is -4.47. The Morgan fingerprint density at radius 3 is 1.79 bits per heavy atom. The lowest BCUT2D eigenvalue weighted by Gasteiger charge is -2.14. The quantitative estimate of drug-likeness (QED) is 0.135. The van der Waals surface area contributed by atoms with Crippen LogP contribution in [0.3, 0.4) is 0 Å². The zero-order chi connectivity index (χ0) is 36.8. The van der Waals surface area contributed by atoms with Gasteiger partial charge in [-0.3, -0.25) is 18.7 Å². The van der Waals surface area contributed by atoms with E-state index in [1.165, 1.54) is 56.2 Å². The zero-order valence-electron chi connectivity index (χ0n) is 27.0. The molecule has 0 radical (unpaired) electrons. The van der Waals surface area contributed by atoms with Gasteiger partial charge in [-0.2, -0.15) is 0 Å². The van der Waals surface area contributed by atoms with Gasteiger partial charge in [0.25, 0.3) is 11.8 Å². The number of hydrogen-bond donors (Lipinski definition) is 4. The molecular weight excluding hydrogens is 681 g/mol. The number of nitrogens with one attached hydrogen (secondary N) is 2. The number of aromatic carboxylic acids is 2.